The highest BCUT2D eigenvalue weighted by atomic mass is 35.5. The molecule has 1 aliphatic rings. The molecular formula is C13H15ClN2O3. The van der Waals surface area contributed by atoms with E-state index in [1.807, 2.05) is 6.92 Å². The van der Waals surface area contributed by atoms with Crippen LogP contribution in [0, 0.1) is 5.92 Å². The van der Waals surface area contributed by atoms with Crippen LogP contribution >= 0.6 is 11.6 Å². The maximum atomic E-state index is 12.0. The van der Waals surface area contributed by atoms with Gasteiger partial charge in [0.25, 0.3) is 0 Å². The number of amides is 1. The van der Waals surface area contributed by atoms with E-state index in [4.69, 9.17) is 16.7 Å². The van der Waals surface area contributed by atoms with Crippen molar-refractivity contribution in [3.63, 3.8) is 0 Å². The van der Waals surface area contributed by atoms with Crippen molar-refractivity contribution in [3.8, 4) is 0 Å². The van der Waals surface area contributed by atoms with Gasteiger partial charge in [-0.25, -0.2) is 4.79 Å². The number of nitrogens with one attached hydrogen (secondary N) is 2. The standard InChI is InChI=1S/C13H15ClN2O3/c1-7-4-5-15-11(7)12(17)16-8-2-3-10(14)9(6-8)13(18)19/h2-3,6-7,11,15H,4-5H2,1H3,(H,16,17)(H,18,19). The summed E-state index contributed by atoms with van der Waals surface area (Å²) in [6.07, 6.45) is 0.957. The van der Waals surface area contributed by atoms with Gasteiger partial charge in [-0.15, -0.1) is 0 Å². The normalized spacial score (nSPS) is 22.2. The van der Waals surface area contributed by atoms with Crippen LogP contribution in [-0.4, -0.2) is 29.6 Å². The summed E-state index contributed by atoms with van der Waals surface area (Å²) >= 11 is 5.77. The smallest absolute Gasteiger partial charge is 0.337 e. The summed E-state index contributed by atoms with van der Waals surface area (Å²) in [7, 11) is 0. The van der Waals surface area contributed by atoms with Crippen LogP contribution in [0.5, 0.6) is 0 Å². The second-order valence-corrected chi connectivity index (χ2v) is 5.09. The summed E-state index contributed by atoms with van der Waals surface area (Å²) in [4.78, 5) is 23.0. The lowest BCUT2D eigenvalue weighted by atomic mass is 10.0. The van der Waals surface area contributed by atoms with Gasteiger partial charge in [-0.1, -0.05) is 18.5 Å². The maximum Gasteiger partial charge on any atom is 0.337 e. The van der Waals surface area contributed by atoms with Gasteiger partial charge in [-0.3, -0.25) is 4.79 Å². The summed E-state index contributed by atoms with van der Waals surface area (Å²) in [6.45, 7) is 2.83. The fourth-order valence-electron chi connectivity index (χ4n) is 2.17. The van der Waals surface area contributed by atoms with E-state index < -0.39 is 5.97 Å². The van der Waals surface area contributed by atoms with E-state index in [1.54, 1.807) is 6.07 Å². The quantitative estimate of drug-likeness (QED) is 0.792. The number of benzene rings is 1. The van der Waals surface area contributed by atoms with Crippen LogP contribution in [-0.2, 0) is 4.79 Å². The van der Waals surface area contributed by atoms with Gasteiger partial charge in [0.1, 0.15) is 0 Å². The van der Waals surface area contributed by atoms with Gasteiger partial charge in [-0.05, 0) is 37.1 Å². The third kappa shape index (κ3) is 3.05. The van der Waals surface area contributed by atoms with Crippen molar-refractivity contribution in [2.45, 2.75) is 19.4 Å². The Labute approximate surface area is 116 Å². The summed E-state index contributed by atoms with van der Waals surface area (Å²) in [5.41, 5.74) is 0.416. The Kier molecular flexibility index (Phi) is 4.07. The van der Waals surface area contributed by atoms with E-state index in [0.717, 1.165) is 13.0 Å². The molecule has 2 rings (SSSR count). The van der Waals surface area contributed by atoms with Gasteiger partial charge in [0.05, 0.1) is 16.6 Å². The molecule has 1 aromatic rings. The van der Waals surface area contributed by atoms with E-state index >= 15 is 0 Å². The molecule has 3 N–H and O–H groups in total. The molecule has 1 fully saturated rings. The number of rotatable bonds is 3. The molecule has 1 amide bonds. The summed E-state index contributed by atoms with van der Waals surface area (Å²) in [5.74, 6) is -0.997. The molecule has 0 aliphatic carbocycles. The Morgan fingerprint density at radius 1 is 1.47 bits per heavy atom. The van der Waals surface area contributed by atoms with Gasteiger partial charge in [-0.2, -0.15) is 0 Å². The Bertz CT molecular complexity index is 519. The van der Waals surface area contributed by atoms with Crippen molar-refractivity contribution in [1.82, 2.24) is 5.32 Å². The van der Waals surface area contributed by atoms with Crippen LogP contribution < -0.4 is 10.6 Å². The molecule has 1 aliphatic heterocycles. The number of halogens is 1. The van der Waals surface area contributed by atoms with Crippen LogP contribution in [0.1, 0.15) is 23.7 Å². The second kappa shape index (κ2) is 5.59. The fraction of sp³-hybridized carbons (Fsp3) is 0.385. The molecule has 102 valence electrons. The highest BCUT2D eigenvalue weighted by Gasteiger charge is 2.29. The molecule has 2 atom stereocenters. The zero-order valence-corrected chi connectivity index (χ0v) is 11.2. The number of carboxylic acid groups (broad SMARTS) is 1. The topological polar surface area (TPSA) is 78.4 Å². The molecule has 0 aromatic heterocycles. The Morgan fingerprint density at radius 2 is 2.21 bits per heavy atom. The van der Waals surface area contributed by atoms with Crippen LogP contribution in [0.2, 0.25) is 5.02 Å². The first-order valence-electron chi connectivity index (χ1n) is 6.06. The molecule has 19 heavy (non-hydrogen) atoms. The molecule has 1 heterocycles. The number of aromatic carboxylic acids is 1. The lowest BCUT2D eigenvalue weighted by Gasteiger charge is -2.15. The number of carbonyl (C=O) groups is 2. The predicted molar refractivity (Wildman–Crippen MR) is 72.6 cm³/mol. The SMILES string of the molecule is CC1CCNC1C(=O)Nc1ccc(Cl)c(C(=O)O)c1. The highest BCUT2D eigenvalue weighted by Crippen LogP contribution is 2.22. The fourth-order valence-corrected chi connectivity index (χ4v) is 2.37. The van der Waals surface area contributed by atoms with E-state index in [0.29, 0.717) is 5.69 Å². The van der Waals surface area contributed by atoms with Gasteiger partial charge < -0.3 is 15.7 Å². The van der Waals surface area contributed by atoms with E-state index in [-0.39, 0.29) is 28.5 Å². The minimum atomic E-state index is -1.12. The molecule has 5 nitrogen and oxygen atoms in total. The molecular weight excluding hydrogens is 268 g/mol. The molecule has 2 unspecified atom stereocenters. The number of anilines is 1. The molecule has 1 aromatic carbocycles. The van der Waals surface area contributed by atoms with Crippen LogP contribution in [0.4, 0.5) is 5.69 Å². The van der Waals surface area contributed by atoms with Crippen molar-refractivity contribution >= 4 is 29.2 Å². The minimum absolute atomic E-state index is 0.0214. The lowest BCUT2D eigenvalue weighted by molar-refractivity contribution is -0.118. The van der Waals surface area contributed by atoms with Crippen molar-refractivity contribution in [3.05, 3.63) is 28.8 Å². The molecule has 1 saturated heterocycles. The first kappa shape index (κ1) is 13.8. The van der Waals surface area contributed by atoms with Crippen molar-refractivity contribution in [2.75, 3.05) is 11.9 Å². The number of carbonyl (C=O) groups excluding carboxylic acids is 1. The number of carboxylic acids is 1. The van der Waals surface area contributed by atoms with E-state index in [2.05, 4.69) is 10.6 Å². The summed E-state index contributed by atoms with van der Waals surface area (Å²) < 4.78 is 0. The monoisotopic (exact) mass is 282 g/mol. The maximum absolute atomic E-state index is 12.0. The molecule has 0 spiro atoms. The average molecular weight is 283 g/mol. The van der Waals surface area contributed by atoms with Crippen molar-refractivity contribution in [2.24, 2.45) is 5.92 Å². The van der Waals surface area contributed by atoms with E-state index in [1.165, 1.54) is 12.1 Å². The van der Waals surface area contributed by atoms with Crippen LogP contribution in [0.3, 0.4) is 0 Å². The highest BCUT2D eigenvalue weighted by molar-refractivity contribution is 6.33. The van der Waals surface area contributed by atoms with Gasteiger partial charge in [0.2, 0.25) is 5.91 Å². The average Bonchev–Trinajstić information content (AvgIpc) is 2.77. The minimum Gasteiger partial charge on any atom is -0.478 e. The first-order valence-corrected chi connectivity index (χ1v) is 6.44. The molecule has 0 saturated carbocycles. The zero-order valence-electron chi connectivity index (χ0n) is 10.4. The van der Waals surface area contributed by atoms with Crippen LogP contribution in [0.15, 0.2) is 18.2 Å². The van der Waals surface area contributed by atoms with Crippen molar-refractivity contribution < 1.29 is 14.7 Å². The predicted octanol–water partition coefficient (Wildman–Crippen LogP) is 1.97. The second-order valence-electron chi connectivity index (χ2n) is 4.69. The van der Waals surface area contributed by atoms with Crippen molar-refractivity contribution in [1.29, 1.82) is 0 Å². The molecule has 0 bridgehead atoms. The van der Waals surface area contributed by atoms with Gasteiger partial charge in [0, 0.05) is 5.69 Å². The third-order valence-corrected chi connectivity index (χ3v) is 3.61. The zero-order chi connectivity index (χ0) is 14.0. The Hall–Kier alpha value is -1.59. The summed E-state index contributed by atoms with van der Waals surface area (Å²) in [6, 6.07) is 4.18. The van der Waals surface area contributed by atoms with Gasteiger partial charge >= 0.3 is 5.97 Å². The van der Waals surface area contributed by atoms with Gasteiger partial charge in [0.15, 0.2) is 0 Å². The number of hydrogen-bond donors (Lipinski definition) is 3. The van der Waals surface area contributed by atoms with Crippen LogP contribution in [0.25, 0.3) is 0 Å². The lowest BCUT2D eigenvalue weighted by Crippen LogP contribution is -2.39. The Morgan fingerprint density at radius 3 is 2.79 bits per heavy atom. The first-order chi connectivity index (χ1) is 8.99. The number of hydrogen-bond acceptors (Lipinski definition) is 3. The summed E-state index contributed by atoms with van der Waals surface area (Å²) in [5, 5.41) is 15.0. The third-order valence-electron chi connectivity index (χ3n) is 3.28. The molecule has 0 radical (unpaired) electrons. The van der Waals surface area contributed by atoms with E-state index in [9.17, 15) is 9.59 Å². The Balaban J connectivity index is 2.13. The molecule has 6 heteroatoms. The largest absolute Gasteiger partial charge is 0.478 e.